The number of urea groups is 1. The molecular weight excluding hydrogens is 454 g/mol. The Labute approximate surface area is 210 Å². The van der Waals surface area contributed by atoms with Gasteiger partial charge in [-0.2, -0.15) is 0 Å². The van der Waals surface area contributed by atoms with E-state index >= 15 is 0 Å². The Bertz CT molecular complexity index is 1230. The number of piperazine rings is 1. The minimum atomic E-state index is -0.345. The topological polar surface area (TPSA) is 76.2 Å². The van der Waals surface area contributed by atoms with Crippen LogP contribution in [0.1, 0.15) is 5.56 Å². The average Bonchev–Trinajstić information content (AvgIpc) is 2.94. The minimum absolute atomic E-state index is 0.0410. The Morgan fingerprint density at radius 1 is 0.750 bits per heavy atom. The molecule has 1 saturated heterocycles. The smallest absolute Gasteiger partial charge is 0.322 e. The van der Waals surface area contributed by atoms with Gasteiger partial charge in [-0.1, -0.05) is 60.7 Å². The van der Waals surface area contributed by atoms with Gasteiger partial charge in [-0.15, -0.1) is 0 Å². The minimum Gasteiger partial charge on any atom is -0.368 e. The van der Waals surface area contributed by atoms with Crippen LogP contribution in [0, 0.1) is 0 Å². The molecule has 5 rings (SSSR count). The number of fused-ring (bicyclic) bond motifs is 1. The summed E-state index contributed by atoms with van der Waals surface area (Å²) in [6.45, 7) is 2.90. The van der Waals surface area contributed by atoms with Gasteiger partial charge in [0.1, 0.15) is 13.1 Å². The van der Waals surface area contributed by atoms with Gasteiger partial charge in [0.15, 0.2) is 0 Å². The third kappa shape index (κ3) is 5.02. The highest BCUT2D eigenvalue weighted by Gasteiger charge is 2.34. The van der Waals surface area contributed by atoms with Gasteiger partial charge in [0.05, 0.1) is 11.4 Å². The van der Waals surface area contributed by atoms with Crippen LogP contribution in [0.5, 0.6) is 0 Å². The van der Waals surface area contributed by atoms with Gasteiger partial charge in [0, 0.05) is 38.4 Å². The number of carbonyl (C=O) groups excluding carboxylic acids is 3. The Morgan fingerprint density at radius 3 is 2.06 bits per heavy atom. The first-order valence-corrected chi connectivity index (χ1v) is 12.2. The van der Waals surface area contributed by atoms with Gasteiger partial charge < -0.3 is 15.1 Å². The summed E-state index contributed by atoms with van der Waals surface area (Å²) in [6.07, 6.45) is 0. The molecule has 0 aliphatic carbocycles. The molecule has 3 aromatic carbocycles. The predicted molar refractivity (Wildman–Crippen MR) is 140 cm³/mol. The number of para-hydroxylation sites is 3. The molecule has 4 amide bonds. The monoisotopic (exact) mass is 483 g/mol. The van der Waals surface area contributed by atoms with E-state index < -0.39 is 0 Å². The van der Waals surface area contributed by atoms with Gasteiger partial charge in [-0.3, -0.25) is 19.4 Å². The molecule has 0 saturated carbocycles. The van der Waals surface area contributed by atoms with Crippen molar-refractivity contribution in [1.29, 1.82) is 0 Å². The second-order valence-corrected chi connectivity index (χ2v) is 8.90. The average molecular weight is 484 g/mol. The molecule has 0 unspecified atom stereocenters. The summed E-state index contributed by atoms with van der Waals surface area (Å²) < 4.78 is 0. The van der Waals surface area contributed by atoms with Crippen LogP contribution in [-0.4, -0.2) is 62.0 Å². The maximum atomic E-state index is 13.2. The molecule has 0 radical (unpaired) electrons. The molecule has 0 bridgehead atoms. The number of hydrogen-bond donors (Lipinski definition) is 1. The lowest BCUT2D eigenvalue weighted by Crippen LogP contribution is -2.55. The van der Waals surface area contributed by atoms with E-state index in [4.69, 9.17) is 0 Å². The highest BCUT2D eigenvalue weighted by atomic mass is 16.2. The summed E-state index contributed by atoms with van der Waals surface area (Å²) in [6, 6.07) is 26.7. The van der Waals surface area contributed by atoms with Crippen LogP contribution in [0.15, 0.2) is 84.9 Å². The van der Waals surface area contributed by atoms with Crippen molar-refractivity contribution in [2.24, 2.45) is 0 Å². The van der Waals surface area contributed by atoms with Gasteiger partial charge >= 0.3 is 6.03 Å². The van der Waals surface area contributed by atoms with E-state index in [1.165, 1.54) is 9.80 Å². The number of hydrogen-bond acceptors (Lipinski definition) is 4. The van der Waals surface area contributed by atoms with Gasteiger partial charge in [-0.25, -0.2) is 4.79 Å². The third-order valence-corrected chi connectivity index (χ3v) is 6.64. The SMILES string of the molecule is O=C(CN1C(=O)CN(C(=O)NCc2ccccc2)c2ccccc21)N1CCN(c2ccccc2)CC1. The fourth-order valence-corrected chi connectivity index (χ4v) is 4.67. The van der Waals surface area contributed by atoms with Crippen molar-refractivity contribution in [2.45, 2.75) is 6.54 Å². The van der Waals surface area contributed by atoms with Gasteiger partial charge in [0.25, 0.3) is 0 Å². The maximum absolute atomic E-state index is 13.2. The molecule has 2 aliphatic rings. The number of rotatable bonds is 5. The number of carbonyl (C=O) groups is 3. The molecule has 1 fully saturated rings. The second kappa shape index (κ2) is 10.5. The van der Waals surface area contributed by atoms with E-state index in [0.717, 1.165) is 24.3 Å². The predicted octanol–water partition coefficient (Wildman–Crippen LogP) is 3.10. The molecule has 36 heavy (non-hydrogen) atoms. The van der Waals surface area contributed by atoms with Crippen LogP contribution in [-0.2, 0) is 16.1 Å². The van der Waals surface area contributed by atoms with E-state index in [-0.39, 0.29) is 30.9 Å². The van der Waals surface area contributed by atoms with Gasteiger partial charge in [-0.05, 0) is 29.8 Å². The van der Waals surface area contributed by atoms with E-state index in [9.17, 15) is 14.4 Å². The van der Waals surface area contributed by atoms with Crippen LogP contribution in [0.25, 0.3) is 0 Å². The lowest BCUT2D eigenvalue weighted by atomic mass is 10.1. The first-order chi connectivity index (χ1) is 17.6. The molecule has 0 atom stereocenters. The van der Waals surface area contributed by atoms with Crippen LogP contribution >= 0.6 is 0 Å². The molecule has 1 N–H and O–H groups in total. The summed E-state index contributed by atoms with van der Waals surface area (Å²) in [5.41, 5.74) is 3.31. The van der Waals surface area contributed by atoms with Gasteiger partial charge in [0.2, 0.25) is 11.8 Å². The van der Waals surface area contributed by atoms with E-state index in [1.807, 2.05) is 65.6 Å². The van der Waals surface area contributed by atoms with Crippen molar-refractivity contribution in [1.82, 2.24) is 10.2 Å². The molecule has 8 nitrogen and oxygen atoms in total. The number of amides is 4. The highest BCUT2D eigenvalue weighted by molar-refractivity contribution is 6.12. The number of nitrogens with one attached hydrogen (secondary N) is 1. The summed E-state index contributed by atoms with van der Waals surface area (Å²) >= 11 is 0. The fourth-order valence-electron chi connectivity index (χ4n) is 4.67. The van der Waals surface area contributed by atoms with Crippen molar-refractivity contribution < 1.29 is 14.4 Å². The molecule has 2 aliphatic heterocycles. The third-order valence-electron chi connectivity index (χ3n) is 6.64. The normalized spacial score (nSPS) is 15.5. The Balaban J connectivity index is 1.24. The zero-order valence-electron chi connectivity index (χ0n) is 20.0. The summed E-state index contributed by atoms with van der Waals surface area (Å²) in [4.78, 5) is 46.3. The molecule has 184 valence electrons. The molecule has 8 heteroatoms. The van der Waals surface area contributed by atoms with Crippen molar-refractivity contribution in [3.8, 4) is 0 Å². The van der Waals surface area contributed by atoms with Crippen molar-refractivity contribution in [2.75, 3.05) is 54.0 Å². The first-order valence-electron chi connectivity index (χ1n) is 12.2. The standard InChI is InChI=1S/C28H29N5O3/c34-26(31-17-15-30(16-18-31)23-11-5-2-6-12-23)20-32-24-13-7-8-14-25(24)33(21-27(32)35)28(36)29-19-22-9-3-1-4-10-22/h1-14H,15-21H2,(H,29,36). The zero-order valence-corrected chi connectivity index (χ0v) is 20.0. The Kier molecular flexibility index (Phi) is 6.84. The highest BCUT2D eigenvalue weighted by Crippen LogP contribution is 2.33. The van der Waals surface area contributed by atoms with Crippen LogP contribution in [0.4, 0.5) is 21.9 Å². The zero-order chi connectivity index (χ0) is 24.9. The lowest BCUT2D eigenvalue weighted by molar-refractivity contribution is -0.131. The number of nitrogens with zero attached hydrogens (tertiary/aromatic N) is 4. The van der Waals surface area contributed by atoms with E-state index in [1.54, 1.807) is 12.1 Å². The van der Waals surface area contributed by atoms with Crippen molar-refractivity contribution >= 4 is 34.9 Å². The second-order valence-electron chi connectivity index (χ2n) is 8.90. The maximum Gasteiger partial charge on any atom is 0.322 e. The van der Waals surface area contributed by atoms with Crippen LogP contribution < -0.4 is 20.0 Å². The fraction of sp³-hybridized carbons (Fsp3) is 0.250. The quantitative estimate of drug-likeness (QED) is 0.605. The van der Waals surface area contributed by atoms with E-state index in [0.29, 0.717) is 31.0 Å². The van der Waals surface area contributed by atoms with Crippen molar-refractivity contribution in [3.05, 3.63) is 90.5 Å². The van der Waals surface area contributed by atoms with Crippen molar-refractivity contribution in [3.63, 3.8) is 0 Å². The Morgan fingerprint density at radius 2 is 1.36 bits per heavy atom. The summed E-state index contributed by atoms with van der Waals surface area (Å²) in [5.74, 6) is -0.368. The van der Waals surface area contributed by atoms with Crippen LogP contribution in [0.2, 0.25) is 0 Å². The molecule has 0 aromatic heterocycles. The molecule has 2 heterocycles. The van der Waals surface area contributed by atoms with E-state index in [2.05, 4.69) is 22.3 Å². The van der Waals surface area contributed by atoms with Crippen LogP contribution in [0.3, 0.4) is 0 Å². The molecule has 0 spiro atoms. The number of benzene rings is 3. The molecular formula is C28H29N5O3. The summed E-state index contributed by atoms with van der Waals surface area (Å²) in [5, 5.41) is 2.89. The summed E-state index contributed by atoms with van der Waals surface area (Å²) in [7, 11) is 0. The largest absolute Gasteiger partial charge is 0.368 e. The number of anilines is 3. The first kappa shape index (κ1) is 23.4. The lowest BCUT2D eigenvalue weighted by Gasteiger charge is -2.39. The molecule has 3 aromatic rings. The Hall–Kier alpha value is -4.33.